The van der Waals surface area contributed by atoms with E-state index in [1.807, 2.05) is 0 Å². The maximum Gasteiger partial charge on any atom is 0.494 e. The molecule has 0 N–H and O–H groups in total. The van der Waals surface area contributed by atoms with Crippen LogP contribution in [-0.4, -0.2) is 26.7 Å². The van der Waals surface area contributed by atoms with E-state index in [4.69, 9.17) is 18.1 Å². The molecule has 115 heavy (non-hydrogen) atoms. The Bertz CT molecular complexity index is 6970. The molecule has 0 bridgehead atoms. The Kier molecular flexibility index (Phi) is 17.4. The molecular weight excluding hydrogens is 1460 g/mol. The molecule has 0 spiro atoms. The van der Waals surface area contributed by atoms with E-state index in [2.05, 4.69) is 432 Å². The lowest BCUT2D eigenvalue weighted by Crippen LogP contribution is -2.41. The van der Waals surface area contributed by atoms with Gasteiger partial charge in [0.15, 0.2) is 0 Å². The standard InChI is InChI=1S/C51H32O.C37H31BO3.C20H13Br.BH4/c1-4-16-33(17-5-1)49-39-23-10-12-25-41(39)50(42-26-13-11-24-40(42)49)34-28-29-38-44-31-43-37-22-14-15-27-45(37)51(35-18-6-2-7-19-35,36-20-8-3-9-21-36)46(43)32-48(44)52-47(38)30-34;1-35(2)36(3,4)41-38(40-35)26-19-20-28-30-22-29-27-17-11-12-18-31(27)37(24-13-7-5-8-14-24,25-15-9-6-10-16-25)32(29)23-34(30)39-33(28)21-26;21-20-17-12-6-4-10-15(17)19(14-8-2-1-3-9-14)16-11-5-7-13-18(16)20;/h1-32H;5-23H,1-4H3;1-13H;1H4/q;;;-1. The van der Waals surface area contributed by atoms with Crippen molar-refractivity contribution >= 4 is 124 Å². The second-order valence-corrected chi connectivity index (χ2v) is 32.2. The second kappa shape index (κ2) is 28.0. The molecule has 0 saturated carbocycles. The van der Waals surface area contributed by atoms with Crippen molar-refractivity contribution < 1.29 is 18.1 Å². The van der Waals surface area contributed by atoms with Crippen LogP contribution in [-0.2, 0) is 20.1 Å². The summed E-state index contributed by atoms with van der Waals surface area (Å²) in [6.45, 7) is 8.32. The van der Waals surface area contributed by atoms with Crippen LogP contribution in [0.2, 0.25) is 0 Å². The largest absolute Gasteiger partial charge is 0.494 e. The van der Waals surface area contributed by atoms with Gasteiger partial charge in [0.1, 0.15) is 22.3 Å². The Morgan fingerprint density at radius 3 is 0.913 bits per heavy atom. The van der Waals surface area contributed by atoms with E-state index in [0.717, 1.165) is 54.9 Å². The molecule has 1 fully saturated rings. The van der Waals surface area contributed by atoms with Crippen molar-refractivity contribution in [1.29, 1.82) is 0 Å². The monoisotopic (exact) mass is 1540 g/mol. The summed E-state index contributed by atoms with van der Waals surface area (Å²) < 4.78 is 27.4. The predicted octanol–water partition coefficient (Wildman–Crippen LogP) is 26.8. The topological polar surface area (TPSA) is 44.7 Å². The number of furan rings is 2. The summed E-state index contributed by atoms with van der Waals surface area (Å²) in [7, 11) is -0.432. The third-order valence-electron chi connectivity index (χ3n) is 24.9. The van der Waals surface area contributed by atoms with Crippen molar-refractivity contribution in [3.63, 3.8) is 0 Å². The van der Waals surface area contributed by atoms with Crippen molar-refractivity contribution in [2.24, 2.45) is 0 Å². The molecule has 0 unspecified atom stereocenters. The fraction of sp³-hybridized carbons (Fsp3) is 0.0741. The minimum absolute atomic E-state index is 0. The zero-order chi connectivity index (χ0) is 76.4. The third-order valence-corrected chi connectivity index (χ3v) is 25.7. The first-order valence-corrected chi connectivity index (χ1v) is 40.2. The van der Waals surface area contributed by atoms with Gasteiger partial charge in [-0.25, -0.2) is 0 Å². The van der Waals surface area contributed by atoms with Gasteiger partial charge in [0.2, 0.25) is 0 Å². The highest BCUT2D eigenvalue weighted by Crippen LogP contribution is 2.60. The number of hydrogen-bond donors (Lipinski definition) is 0. The van der Waals surface area contributed by atoms with Gasteiger partial charge in [-0.15, -0.1) is 0 Å². The van der Waals surface area contributed by atoms with Gasteiger partial charge in [-0.3, -0.25) is 0 Å². The summed E-state index contributed by atoms with van der Waals surface area (Å²) in [6, 6.07) is 140. The first kappa shape index (κ1) is 71.2. The van der Waals surface area contributed by atoms with Gasteiger partial charge in [0.25, 0.3) is 0 Å². The second-order valence-electron chi connectivity index (χ2n) is 31.5. The average Bonchev–Trinajstić information content (AvgIpc) is 1.53. The van der Waals surface area contributed by atoms with E-state index in [0.29, 0.717) is 0 Å². The van der Waals surface area contributed by atoms with Crippen LogP contribution in [0, 0.1) is 0 Å². The van der Waals surface area contributed by atoms with Crippen molar-refractivity contribution in [2.45, 2.75) is 49.7 Å². The number of halogens is 1. The van der Waals surface area contributed by atoms with Crippen molar-refractivity contribution in [3.8, 4) is 55.6 Å². The first-order chi connectivity index (χ1) is 56.0. The fourth-order valence-electron chi connectivity index (χ4n) is 19.1. The molecule has 550 valence electrons. The summed E-state index contributed by atoms with van der Waals surface area (Å²) in [4.78, 5) is 0. The van der Waals surface area contributed by atoms with Gasteiger partial charge in [-0.05, 0) is 235 Å². The number of benzene rings is 18. The molecule has 1 saturated heterocycles. The Hall–Kier alpha value is -12.9. The average molecular weight is 1540 g/mol. The van der Waals surface area contributed by atoms with Gasteiger partial charge >= 0.3 is 7.12 Å². The number of fused-ring (bicyclic) bond motifs is 16. The number of rotatable bonds is 8. The molecular formula is C108H80B2BrO4-. The van der Waals surface area contributed by atoms with Crippen molar-refractivity contribution in [1.82, 2.24) is 0 Å². The van der Waals surface area contributed by atoms with Crippen LogP contribution in [0.5, 0.6) is 0 Å². The lowest BCUT2D eigenvalue weighted by atomic mass is 9.67. The highest BCUT2D eigenvalue weighted by Gasteiger charge is 2.52. The molecule has 2 aromatic heterocycles. The minimum atomic E-state index is -0.467. The Balaban J connectivity index is 0.000000120. The molecule has 1 aliphatic heterocycles. The van der Waals surface area contributed by atoms with Crippen LogP contribution in [0.25, 0.3) is 143 Å². The molecule has 3 aliphatic rings. The molecule has 23 rings (SSSR count). The first-order valence-electron chi connectivity index (χ1n) is 39.4. The summed E-state index contributed by atoms with van der Waals surface area (Å²) in [5.41, 5.74) is 25.4. The molecule has 20 aromatic rings. The van der Waals surface area contributed by atoms with Crippen LogP contribution in [0.15, 0.2) is 402 Å². The van der Waals surface area contributed by atoms with E-state index >= 15 is 0 Å². The smallest absolute Gasteiger partial charge is 0.456 e. The molecule has 0 amide bonds. The molecule has 0 atom stereocenters. The zero-order valence-electron chi connectivity index (χ0n) is 63.5. The summed E-state index contributed by atoms with van der Waals surface area (Å²) in [5, 5.41) is 14.5. The SMILES string of the molecule is Brc1c2ccccc2c(-c2ccccc2)c2ccccc12.CC1(C)OB(c2ccc3c(c2)oc2cc4c(cc23)-c2ccccc2C4(c2ccccc2)c2ccccc2)OC1(C)C.[BH4-].c1ccc(-c2c3ccccc3c(-c3ccc4c(c3)oc3cc5c(cc34)-c3ccccc3C5(c3ccccc3)c3ccccc3)c3ccccc23)cc1. The lowest BCUT2D eigenvalue weighted by molar-refractivity contribution is 0.00578. The fourth-order valence-corrected chi connectivity index (χ4v) is 19.8. The van der Waals surface area contributed by atoms with Crippen LogP contribution < -0.4 is 5.46 Å². The highest BCUT2D eigenvalue weighted by atomic mass is 79.9. The van der Waals surface area contributed by atoms with Gasteiger partial charge in [0.05, 0.1) is 22.0 Å². The maximum atomic E-state index is 6.92. The van der Waals surface area contributed by atoms with Crippen LogP contribution in [0.3, 0.4) is 0 Å². The maximum absolute atomic E-state index is 6.92. The van der Waals surface area contributed by atoms with E-state index in [1.165, 1.54) is 142 Å². The van der Waals surface area contributed by atoms with Gasteiger partial charge in [-0.2, -0.15) is 0 Å². The molecule has 18 aromatic carbocycles. The lowest BCUT2D eigenvalue weighted by Gasteiger charge is -2.33. The third kappa shape index (κ3) is 11.2. The van der Waals surface area contributed by atoms with Gasteiger partial charge in [0, 0.05) is 26.0 Å². The summed E-state index contributed by atoms with van der Waals surface area (Å²) in [5.74, 6) is 0. The Morgan fingerprint density at radius 1 is 0.235 bits per heavy atom. The predicted molar refractivity (Wildman–Crippen MR) is 490 cm³/mol. The molecule has 4 nitrogen and oxygen atoms in total. The van der Waals surface area contributed by atoms with Crippen LogP contribution in [0.1, 0.15) is 72.2 Å². The molecule has 0 radical (unpaired) electrons. The minimum Gasteiger partial charge on any atom is -0.456 e. The summed E-state index contributed by atoms with van der Waals surface area (Å²) >= 11 is 3.79. The van der Waals surface area contributed by atoms with Crippen LogP contribution in [0.4, 0.5) is 0 Å². The van der Waals surface area contributed by atoms with E-state index in [9.17, 15) is 0 Å². The van der Waals surface area contributed by atoms with Crippen molar-refractivity contribution in [3.05, 3.63) is 437 Å². The Morgan fingerprint density at radius 2 is 0.530 bits per heavy atom. The van der Waals surface area contributed by atoms with E-state index in [-0.39, 0.29) is 8.41 Å². The molecule has 2 aliphatic carbocycles. The normalized spacial score (nSPS) is 14.4. The molecule has 7 heteroatoms. The summed E-state index contributed by atoms with van der Waals surface area (Å²) in [6.07, 6.45) is 0. The van der Waals surface area contributed by atoms with E-state index in [1.54, 1.807) is 0 Å². The molecule has 3 heterocycles. The quantitative estimate of drug-likeness (QED) is 0.112. The van der Waals surface area contributed by atoms with E-state index < -0.39 is 29.2 Å². The number of hydrogen-bond acceptors (Lipinski definition) is 4. The van der Waals surface area contributed by atoms with Crippen LogP contribution >= 0.6 is 15.9 Å². The van der Waals surface area contributed by atoms with Gasteiger partial charge < -0.3 is 18.1 Å². The van der Waals surface area contributed by atoms with Crippen molar-refractivity contribution in [2.75, 3.05) is 0 Å². The Labute approximate surface area is 679 Å². The van der Waals surface area contributed by atoms with Gasteiger partial charge in [-0.1, -0.05) is 354 Å². The highest BCUT2D eigenvalue weighted by molar-refractivity contribution is 9.10. The zero-order valence-corrected chi connectivity index (χ0v) is 65.1.